The molecule has 0 unspecified atom stereocenters. The first kappa shape index (κ1) is 19.9. The zero-order valence-electron chi connectivity index (χ0n) is 16.8. The Morgan fingerprint density at radius 1 is 1.10 bits per heavy atom. The number of carbonyl (C=O) groups is 1. The van der Waals surface area contributed by atoms with Crippen LogP contribution in [0.15, 0.2) is 36.4 Å². The molecule has 154 valence electrons. The topological polar surface area (TPSA) is 64.1 Å². The summed E-state index contributed by atoms with van der Waals surface area (Å²) in [6.07, 6.45) is 2.02. The zero-order valence-corrected chi connectivity index (χ0v) is 16.8. The Morgan fingerprint density at radius 2 is 1.93 bits per heavy atom. The third-order valence-electron chi connectivity index (χ3n) is 5.18. The Bertz CT molecular complexity index is 1130. The minimum atomic E-state index is -0.974. The second-order valence-electron chi connectivity index (χ2n) is 7.16. The Hall–Kier alpha value is -3.35. The molecule has 0 radical (unpaired) electrons. The van der Waals surface area contributed by atoms with Crippen molar-refractivity contribution < 1.29 is 18.3 Å². The highest BCUT2D eigenvalue weighted by atomic mass is 19.2. The highest BCUT2D eigenvalue weighted by Crippen LogP contribution is 2.34. The van der Waals surface area contributed by atoms with Gasteiger partial charge < -0.3 is 10.1 Å². The van der Waals surface area contributed by atoms with E-state index in [1.165, 1.54) is 6.07 Å². The van der Waals surface area contributed by atoms with Crippen molar-refractivity contribution in [3.8, 4) is 17.0 Å². The summed E-state index contributed by atoms with van der Waals surface area (Å²) in [5, 5.41) is 2.79. The molecule has 5 nitrogen and oxygen atoms in total. The van der Waals surface area contributed by atoms with Crippen molar-refractivity contribution in [3.05, 3.63) is 70.5 Å². The van der Waals surface area contributed by atoms with Gasteiger partial charge in [0.2, 0.25) is 5.91 Å². The quantitative estimate of drug-likeness (QED) is 0.684. The van der Waals surface area contributed by atoms with Crippen LogP contribution in [-0.4, -0.2) is 23.0 Å². The number of aryl methyl sites for hydroxylation is 3. The van der Waals surface area contributed by atoms with E-state index in [9.17, 15) is 13.6 Å². The molecule has 0 bridgehead atoms. The molecule has 0 spiro atoms. The van der Waals surface area contributed by atoms with Crippen LogP contribution in [-0.2, 0) is 30.5 Å². The first-order valence-corrected chi connectivity index (χ1v) is 9.79. The van der Waals surface area contributed by atoms with Gasteiger partial charge in [-0.25, -0.2) is 18.7 Å². The van der Waals surface area contributed by atoms with Crippen molar-refractivity contribution in [3.63, 3.8) is 0 Å². The van der Waals surface area contributed by atoms with Gasteiger partial charge in [-0.3, -0.25) is 4.79 Å². The Morgan fingerprint density at radius 3 is 2.67 bits per heavy atom. The summed E-state index contributed by atoms with van der Waals surface area (Å²) in [5.74, 6) is -1.04. The monoisotopic (exact) mass is 409 g/mol. The van der Waals surface area contributed by atoms with Crippen molar-refractivity contribution in [1.82, 2.24) is 9.97 Å². The van der Waals surface area contributed by atoms with Gasteiger partial charge in [0, 0.05) is 5.56 Å². The number of hydrogen-bond donors (Lipinski definition) is 1. The average Bonchev–Trinajstić information content (AvgIpc) is 2.75. The smallest absolute Gasteiger partial charge is 0.229 e. The van der Waals surface area contributed by atoms with E-state index in [2.05, 4.69) is 10.3 Å². The second kappa shape index (κ2) is 8.18. The second-order valence-corrected chi connectivity index (χ2v) is 7.16. The average molecular weight is 409 g/mol. The summed E-state index contributed by atoms with van der Waals surface area (Å²) in [6.45, 7) is 1.94. The number of nitrogens with zero attached hydrogens (tertiary/aromatic N) is 2. The van der Waals surface area contributed by atoms with E-state index in [0.29, 0.717) is 29.9 Å². The van der Waals surface area contributed by atoms with Gasteiger partial charge in [0.25, 0.3) is 0 Å². The predicted octanol–water partition coefficient (Wildman–Crippen LogP) is 4.27. The molecular formula is C23H21F2N3O2. The number of anilines is 1. The fraction of sp³-hybridized carbons (Fsp3) is 0.261. The van der Waals surface area contributed by atoms with E-state index in [-0.39, 0.29) is 12.3 Å². The third-order valence-corrected chi connectivity index (χ3v) is 5.18. The molecule has 4 rings (SSSR count). The van der Waals surface area contributed by atoms with Crippen LogP contribution < -0.4 is 10.1 Å². The van der Waals surface area contributed by atoms with Crippen LogP contribution in [0, 0.1) is 11.6 Å². The molecule has 0 atom stereocenters. The standard InChI is InChI=1S/C23H21F2N3O2/c1-3-19-23(28-21(29)11-13-4-8-17(24)18(25)10-13)27-20-9-5-14-12-15(30-2)6-7-16(14)22(20)26-19/h4,6-8,10,12H,3,5,9,11H2,1-2H3,(H,27,28,29). The Balaban J connectivity index is 1.60. The number of carbonyl (C=O) groups excluding carboxylic acids is 1. The number of fused-ring (bicyclic) bond motifs is 3. The van der Waals surface area contributed by atoms with E-state index in [1.54, 1.807) is 7.11 Å². The molecule has 1 aliphatic rings. The number of rotatable bonds is 5. The number of halogens is 2. The lowest BCUT2D eigenvalue weighted by atomic mass is 9.91. The molecular weight excluding hydrogens is 388 g/mol. The van der Waals surface area contributed by atoms with Gasteiger partial charge in [-0.05, 0) is 60.7 Å². The van der Waals surface area contributed by atoms with E-state index < -0.39 is 11.6 Å². The lowest BCUT2D eigenvalue weighted by Crippen LogP contribution is -2.19. The van der Waals surface area contributed by atoms with Crippen LogP contribution in [0.4, 0.5) is 14.6 Å². The maximum atomic E-state index is 13.4. The van der Waals surface area contributed by atoms with Crippen LogP contribution >= 0.6 is 0 Å². The SMILES string of the molecule is CCc1nc2c(nc1NC(=O)Cc1ccc(F)c(F)c1)CCc1cc(OC)ccc1-2. The minimum absolute atomic E-state index is 0.0816. The first-order chi connectivity index (χ1) is 14.5. The molecule has 3 aromatic rings. The molecule has 1 N–H and O–H groups in total. The number of ether oxygens (including phenoxy) is 1. The summed E-state index contributed by atoms with van der Waals surface area (Å²) in [4.78, 5) is 21.9. The van der Waals surface area contributed by atoms with Crippen molar-refractivity contribution in [2.45, 2.75) is 32.6 Å². The normalized spacial score (nSPS) is 12.1. The molecule has 7 heteroatoms. The lowest BCUT2D eigenvalue weighted by Gasteiger charge is -2.21. The predicted molar refractivity (Wildman–Crippen MR) is 109 cm³/mol. The number of nitrogens with one attached hydrogen (secondary N) is 1. The van der Waals surface area contributed by atoms with Crippen LogP contribution in [0.3, 0.4) is 0 Å². The Labute approximate surface area is 173 Å². The highest BCUT2D eigenvalue weighted by Gasteiger charge is 2.22. The maximum Gasteiger partial charge on any atom is 0.229 e. The van der Waals surface area contributed by atoms with Gasteiger partial charge >= 0.3 is 0 Å². The summed E-state index contributed by atoms with van der Waals surface area (Å²) in [7, 11) is 1.64. The molecule has 0 saturated carbocycles. The van der Waals surface area contributed by atoms with E-state index in [0.717, 1.165) is 46.8 Å². The summed E-state index contributed by atoms with van der Waals surface area (Å²) < 4.78 is 31.8. The lowest BCUT2D eigenvalue weighted by molar-refractivity contribution is -0.115. The maximum absolute atomic E-state index is 13.4. The first-order valence-electron chi connectivity index (χ1n) is 9.79. The van der Waals surface area contributed by atoms with Gasteiger partial charge in [-0.1, -0.05) is 13.0 Å². The number of aromatic nitrogens is 2. The van der Waals surface area contributed by atoms with E-state index in [4.69, 9.17) is 9.72 Å². The molecule has 1 aliphatic carbocycles. The molecule has 0 fully saturated rings. The highest BCUT2D eigenvalue weighted by molar-refractivity contribution is 5.92. The largest absolute Gasteiger partial charge is 0.497 e. The number of methoxy groups -OCH3 is 1. The summed E-state index contributed by atoms with van der Waals surface area (Å²) >= 11 is 0. The molecule has 2 aromatic carbocycles. The van der Waals surface area contributed by atoms with Gasteiger partial charge in [0.05, 0.1) is 30.6 Å². The van der Waals surface area contributed by atoms with E-state index >= 15 is 0 Å². The van der Waals surface area contributed by atoms with Crippen molar-refractivity contribution in [2.75, 3.05) is 12.4 Å². The minimum Gasteiger partial charge on any atom is -0.497 e. The number of amides is 1. The molecule has 1 amide bonds. The van der Waals surface area contributed by atoms with Crippen molar-refractivity contribution in [1.29, 1.82) is 0 Å². The van der Waals surface area contributed by atoms with Gasteiger partial charge in [-0.15, -0.1) is 0 Å². The van der Waals surface area contributed by atoms with E-state index in [1.807, 2.05) is 25.1 Å². The zero-order chi connectivity index (χ0) is 21.3. The molecule has 0 aliphatic heterocycles. The van der Waals surface area contributed by atoms with Crippen LogP contribution in [0.5, 0.6) is 5.75 Å². The number of hydrogen-bond acceptors (Lipinski definition) is 4. The fourth-order valence-corrected chi connectivity index (χ4v) is 3.64. The van der Waals surface area contributed by atoms with Crippen molar-refractivity contribution >= 4 is 11.7 Å². The fourth-order valence-electron chi connectivity index (χ4n) is 3.64. The van der Waals surface area contributed by atoms with Crippen LogP contribution in [0.1, 0.15) is 29.4 Å². The molecule has 1 heterocycles. The Kier molecular flexibility index (Phi) is 5.44. The molecule has 0 saturated heterocycles. The van der Waals surface area contributed by atoms with Crippen LogP contribution in [0.2, 0.25) is 0 Å². The third kappa shape index (κ3) is 3.87. The summed E-state index contributed by atoms with van der Waals surface area (Å²) in [5.41, 5.74) is 4.91. The van der Waals surface area contributed by atoms with Gasteiger partial charge in [-0.2, -0.15) is 0 Å². The van der Waals surface area contributed by atoms with Crippen molar-refractivity contribution in [2.24, 2.45) is 0 Å². The van der Waals surface area contributed by atoms with Gasteiger partial charge in [0.15, 0.2) is 17.5 Å². The summed E-state index contributed by atoms with van der Waals surface area (Å²) in [6, 6.07) is 9.34. The molecule has 30 heavy (non-hydrogen) atoms. The van der Waals surface area contributed by atoms with Gasteiger partial charge in [0.1, 0.15) is 5.75 Å². The molecule has 1 aromatic heterocycles. The number of benzene rings is 2. The van der Waals surface area contributed by atoms with Crippen LogP contribution in [0.25, 0.3) is 11.3 Å².